The molecule has 3 aromatic rings. The van der Waals surface area contributed by atoms with Crippen molar-refractivity contribution in [1.29, 1.82) is 0 Å². The second kappa shape index (κ2) is 8.44. The van der Waals surface area contributed by atoms with Crippen molar-refractivity contribution in [3.8, 4) is 17.0 Å². The van der Waals surface area contributed by atoms with Crippen LogP contribution in [0.1, 0.15) is 23.0 Å². The summed E-state index contributed by atoms with van der Waals surface area (Å²) in [5, 5.41) is 10.9. The molecule has 1 heterocycles. The largest absolute Gasteiger partial charge is 0.493 e. The van der Waals surface area contributed by atoms with Crippen LogP contribution in [0.2, 0.25) is 0 Å². The lowest BCUT2D eigenvalue weighted by Gasteiger charge is -2.07. The van der Waals surface area contributed by atoms with Crippen molar-refractivity contribution < 1.29 is 9.53 Å². The summed E-state index contributed by atoms with van der Waals surface area (Å²) in [6.07, 6.45) is 1.58. The summed E-state index contributed by atoms with van der Waals surface area (Å²) in [7, 11) is 0. The summed E-state index contributed by atoms with van der Waals surface area (Å²) in [5.41, 5.74) is 5.14. The molecular formula is C19H17BrN4O2. The van der Waals surface area contributed by atoms with Gasteiger partial charge < -0.3 is 4.74 Å². The number of para-hydroxylation sites is 1. The number of rotatable bonds is 6. The molecule has 2 N–H and O–H groups in total. The quantitative estimate of drug-likeness (QED) is 0.474. The molecule has 26 heavy (non-hydrogen) atoms. The minimum atomic E-state index is -0.369. The van der Waals surface area contributed by atoms with Gasteiger partial charge in [0, 0.05) is 10.0 Å². The van der Waals surface area contributed by atoms with Gasteiger partial charge in [0.2, 0.25) is 0 Å². The van der Waals surface area contributed by atoms with E-state index >= 15 is 0 Å². The Kier molecular flexibility index (Phi) is 5.80. The maximum absolute atomic E-state index is 12.2. The lowest BCUT2D eigenvalue weighted by molar-refractivity contribution is 0.0950. The molecule has 0 radical (unpaired) electrons. The minimum absolute atomic E-state index is 0.319. The number of carbonyl (C=O) groups excluding carboxylic acids is 1. The molecule has 0 aliphatic heterocycles. The molecule has 6 nitrogen and oxygen atoms in total. The fourth-order valence-corrected chi connectivity index (χ4v) is 2.57. The van der Waals surface area contributed by atoms with Gasteiger partial charge in [-0.1, -0.05) is 40.2 Å². The van der Waals surface area contributed by atoms with E-state index in [1.807, 2.05) is 55.5 Å². The summed E-state index contributed by atoms with van der Waals surface area (Å²) in [6.45, 7) is 2.48. The number of hydrogen-bond acceptors (Lipinski definition) is 4. The van der Waals surface area contributed by atoms with E-state index in [1.165, 1.54) is 0 Å². The molecule has 1 amide bonds. The second-order valence-electron chi connectivity index (χ2n) is 5.35. The summed E-state index contributed by atoms with van der Waals surface area (Å²) in [6, 6.07) is 16.8. The monoisotopic (exact) mass is 412 g/mol. The predicted molar refractivity (Wildman–Crippen MR) is 104 cm³/mol. The number of nitrogens with zero attached hydrogens (tertiary/aromatic N) is 2. The number of aromatic nitrogens is 2. The number of carbonyl (C=O) groups is 1. The third-order valence-corrected chi connectivity index (χ3v) is 4.06. The predicted octanol–water partition coefficient (Wildman–Crippen LogP) is 4.00. The Labute approximate surface area is 159 Å². The highest BCUT2D eigenvalue weighted by Gasteiger charge is 2.13. The molecule has 0 unspecified atom stereocenters. The van der Waals surface area contributed by atoms with Crippen LogP contribution in [-0.4, -0.2) is 28.9 Å². The summed E-state index contributed by atoms with van der Waals surface area (Å²) >= 11 is 3.37. The van der Waals surface area contributed by atoms with E-state index in [-0.39, 0.29) is 5.91 Å². The van der Waals surface area contributed by atoms with E-state index in [0.717, 1.165) is 21.3 Å². The van der Waals surface area contributed by atoms with Gasteiger partial charge in [0.25, 0.3) is 5.91 Å². The highest BCUT2D eigenvalue weighted by molar-refractivity contribution is 9.10. The Morgan fingerprint density at radius 3 is 2.81 bits per heavy atom. The van der Waals surface area contributed by atoms with E-state index in [9.17, 15) is 4.79 Å². The number of nitrogens with one attached hydrogen (secondary N) is 2. The zero-order valence-corrected chi connectivity index (χ0v) is 15.7. The third kappa shape index (κ3) is 4.37. The molecule has 2 aromatic carbocycles. The zero-order chi connectivity index (χ0) is 18.4. The van der Waals surface area contributed by atoms with Gasteiger partial charge in [-0.15, -0.1) is 0 Å². The average molecular weight is 413 g/mol. The molecule has 132 valence electrons. The Morgan fingerprint density at radius 2 is 2.04 bits per heavy atom. The molecule has 3 rings (SSSR count). The van der Waals surface area contributed by atoms with Crippen molar-refractivity contribution in [2.45, 2.75) is 6.92 Å². The third-order valence-electron chi connectivity index (χ3n) is 3.54. The van der Waals surface area contributed by atoms with Crippen molar-refractivity contribution in [3.05, 3.63) is 70.3 Å². The van der Waals surface area contributed by atoms with Gasteiger partial charge >= 0.3 is 0 Å². The van der Waals surface area contributed by atoms with Crippen molar-refractivity contribution >= 4 is 28.1 Å². The van der Waals surface area contributed by atoms with Gasteiger partial charge in [-0.25, -0.2) is 5.43 Å². The molecule has 0 spiro atoms. The van der Waals surface area contributed by atoms with Gasteiger partial charge in [-0.2, -0.15) is 10.2 Å². The van der Waals surface area contributed by atoms with Gasteiger partial charge in [0.15, 0.2) is 0 Å². The molecule has 0 bridgehead atoms. The number of benzene rings is 2. The number of hydrazone groups is 1. The van der Waals surface area contributed by atoms with Crippen LogP contribution in [0.3, 0.4) is 0 Å². The van der Waals surface area contributed by atoms with Crippen LogP contribution in [0.25, 0.3) is 11.3 Å². The van der Waals surface area contributed by atoms with Crippen LogP contribution in [-0.2, 0) is 0 Å². The van der Waals surface area contributed by atoms with E-state index in [1.54, 1.807) is 12.3 Å². The Bertz CT molecular complexity index is 919. The Balaban J connectivity index is 1.69. The molecule has 0 atom stereocenters. The van der Waals surface area contributed by atoms with E-state index in [2.05, 4.69) is 36.7 Å². The van der Waals surface area contributed by atoms with Crippen molar-refractivity contribution in [2.75, 3.05) is 6.61 Å². The molecule has 7 heteroatoms. The first-order valence-electron chi connectivity index (χ1n) is 8.04. The molecule has 1 aromatic heterocycles. The molecule has 0 aliphatic rings. The van der Waals surface area contributed by atoms with Crippen molar-refractivity contribution in [3.63, 3.8) is 0 Å². The van der Waals surface area contributed by atoms with Gasteiger partial charge in [0.1, 0.15) is 11.4 Å². The minimum Gasteiger partial charge on any atom is -0.493 e. The number of halogens is 1. The first-order chi connectivity index (χ1) is 12.7. The van der Waals surface area contributed by atoms with Crippen LogP contribution in [0.4, 0.5) is 0 Å². The van der Waals surface area contributed by atoms with E-state index in [4.69, 9.17) is 4.74 Å². The fraction of sp³-hybridized carbons (Fsp3) is 0.105. The molecular weight excluding hydrogens is 396 g/mol. The summed E-state index contributed by atoms with van der Waals surface area (Å²) < 4.78 is 6.58. The van der Waals surface area contributed by atoms with Gasteiger partial charge in [-0.3, -0.25) is 9.89 Å². The van der Waals surface area contributed by atoms with Crippen LogP contribution >= 0.6 is 15.9 Å². The fourth-order valence-electron chi connectivity index (χ4n) is 2.31. The van der Waals surface area contributed by atoms with E-state index < -0.39 is 0 Å². The highest BCUT2D eigenvalue weighted by Crippen LogP contribution is 2.28. The molecule has 0 aliphatic carbocycles. The average Bonchev–Trinajstić information content (AvgIpc) is 3.14. The summed E-state index contributed by atoms with van der Waals surface area (Å²) in [5.74, 6) is 0.354. The second-order valence-corrected chi connectivity index (χ2v) is 6.26. The highest BCUT2D eigenvalue weighted by atomic mass is 79.9. The molecule has 0 saturated heterocycles. The van der Waals surface area contributed by atoms with Crippen LogP contribution in [0, 0.1) is 0 Å². The van der Waals surface area contributed by atoms with Crippen LogP contribution < -0.4 is 10.2 Å². The first kappa shape index (κ1) is 17.9. The lowest BCUT2D eigenvalue weighted by atomic mass is 10.1. The molecule has 0 saturated carbocycles. The van der Waals surface area contributed by atoms with Crippen LogP contribution in [0.5, 0.6) is 5.75 Å². The normalized spacial score (nSPS) is 10.8. The molecule has 0 fully saturated rings. The van der Waals surface area contributed by atoms with Crippen LogP contribution in [0.15, 0.2) is 64.2 Å². The maximum atomic E-state index is 12.2. The van der Waals surface area contributed by atoms with E-state index in [0.29, 0.717) is 18.0 Å². The number of ether oxygens (including phenoxy) is 1. The lowest BCUT2D eigenvalue weighted by Crippen LogP contribution is -2.17. The number of hydrogen-bond donors (Lipinski definition) is 2. The zero-order valence-electron chi connectivity index (χ0n) is 14.1. The smallest absolute Gasteiger partial charge is 0.289 e. The Hall–Kier alpha value is -2.93. The van der Waals surface area contributed by atoms with Crippen molar-refractivity contribution in [2.24, 2.45) is 5.10 Å². The number of aromatic amines is 1. The number of amides is 1. The Morgan fingerprint density at radius 1 is 1.27 bits per heavy atom. The topological polar surface area (TPSA) is 79.4 Å². The standard InChI is InChI=1S/C19H17BrN4O2/c1-2-26-18-6-4-3-5-15(18)16-11-17(23-22-16)19(25)24-21-12-13-7-9-14(20)10-8-13/h3-12H,2H2,1H3,(H,22,23)(H,24,25)/b21-12-. The maximum Gasteiger partial charge on any atom is 0.289 e. The van der Waals surface area contributed by atoms with Gasteiger partial charge in [-0.05, 0) is 42.8 Å². The van der Waals surface area contributed by atoms with Crippen molar-refractivity contribution in [1.82, 2.24) is 15.6 Å². The first-order valence-corrected chi connectivity index (χ1v) is 8.83. The SMILES string of the molecule is CCOc1ccccc1-c1cc(C(=O)N/N=C\c2ccc(Br)cc2)[nH]n1. The number of H-pyrrole nitrogens is 1. The summed E-state index contributed by atoms with van der Waals surface area (Å²) in [4.78, 5) is 12.2. The van der Waals surface area contributed by atoms with Gasteiger partial charge in [0.05, 0.1) is 18.5 Å².